The normalized spacial score (nSPS) is 18.1. The maximum atomic E-state index is 12.8. The fourth-order valence-electron chi connectivity index (χ4n) is 2.90. The zero-order chi connectivity index (χ0) is 17.3. The molecule has 1 fully saturated rings. The molecule has 1 aromatic carbocycles. The van der Waals surface area contributed by atoms with Gasteiger partial charge in [0.15, 0.2) is 0 Å². The zero-order valence-corrected chi connectivity index (χ0v) is 12.6. The molecule has 2 heterocycles. The van der Waals surface area contributed by atoms with E-state index in [1.54, 1.807) is 18.2 Å². The lowest BCUT2D eigenvalue weighted by molar-refractivity contribution is -0.140. The number of fused-ring (bicyclic) bond motifs is 1. The van der Waals surface area contributed by atoms with E-state index in [9.17, 15) is 22.8 Å². The third-order valence-electron chi connectivity index (χ3n) is 3.99. The highest BCUT2D eigenvalue weighted by atomic mass is 19.4. The SMILES string of the molecule is O=C(NCC(F)(F)F)C1CCCN1C(=O)c1cccc2[nH]ncc12. The van der Waals surface area contributed by atoms with Crippen LogP contribution in [0, 0.1) is 0 Å². The van der Waals surface area contributed by atoms with Crippen LogP contribution in [0.3, 0.4) is 0 Å². The first-order chi connectivity index (χ1) is 11.4. The Morgan fingerprint density at radius 3 is 2.92 bits per heavy atom. The Morgan fingerprint density at radius 2 is 2.17 bits per heavy atom. The van der Waals surface area contributed by atoms with Crippen LogP contribution in [0.4, 0.5) is 13.2 Å². The molecule has 1 aliphatic heterocycles. The van der Waals surface area contributed by atoms with E-state index >= 15 is 0 Å². The van der Waals surface area contributed by atoms with Crippen LogP contribution >= 0.6 is 0 Å². The summed E-state index contributed by atoms with van der Waals surface area (Å²) in [6, 6.07) is 4.17. The molecular weight excluding hydrogens is 325 g/mol. The van der Waals surface area contributed by atoms with Crippen LogP contribution in [0.15, 0.2) is 24.4 Å². The molecule has 2 amide bonds. The molecule has 128 valence electrons. The van der Waals surface area contributed by atoms with Crippen molar-refractivity contribution in [2.75, 3.05) is 13.1 Å². The van der Waals surface area contributed by atoms with Crippen molar-refractivity contribution < 1.29 is 22.8 Å². The van der Waals surface area contributed by atoms with Gasteiger partial charge in [-0.25, -0.2) is 0 Å². The number of amides is 2. The van der Waals surface area contributed by atoms with Gasteiger partial charge < -0.3 is 10.2 Å². The second-order valence-electron chi connectivity index (χ2n) is 5.63. The number of benzene rings is 1. The van der Waals surface area contributed by atoms with E-state index in [1.807, 2.05) is 5.32 Å². The Kier molecular flexibility index (Phi) is 4.16. The third-order valence-corrected chi connectivity index (χ3v) is 3.99. The lowest BCUT2D eigenvalue weighted by atomic mass is 10.1. The maximum Gasteiger partial charge on any atom is 0.405 e. The first-order valence-electron chi connectivity index (χ1n) is 7.44. The van der Waals surface area contributed by atoms with Crippen molar-refractivity contribution in [2.24, 2.45) is 0 Å². The molecule has 2 N–H and O–H groups in total. The summed E-state index contributed by atoms with van der Waals surface area (Å²) in [5, 5.41) is 9.10. The minimum atomic E-state index is -4.48. The van der Waals surface area contributed by atoms with Gasteiger partial charge in [-0.05, 0) is 25.0 Å². The van der Waals surface area contributed by atoms with E-state index in [0.717, 1.165) is 0 Å². The van der Waals surface area contributed by atoms with Crippen molar-refractivity contribution in [3.63, 3.8) is 0 Å². The summed E-state index contributed by atoms with van der Waals surface area (Å²) in [5.74, 6) is -1.16. The predicted molar refractivity (Wildman–Crippen MR) is 79.2 cm³/mol. The van der Waals surface area contributed by atoms with Crippen molar-refractivity contribution in [1.29, 1.82) is 0 Å². The van der Waals surface area contributed by atoms with Gasteiger partial charge in [0.2, 0.25) is 5.91 Å². The fourth-order valence-corrected chi connectivity index (χ4v) is 2.90. The van der Waals surface area contributed by atoms with Gasteiger partial charge in [-0.1, -0.05) is 6.07 Å². The second-order valence-corrected chi connectivity index (χ2v) is 5.63. The van der Waals surface area contributed by atoms with Crippen LogP contribution in [0.5, 0.6) is 0 Å². The molecule has 1 atom stereocenters. The average Bonchev–Trinajstić information content (AvgIpc) is 3.19. The molecule has 0 spiro atoms. The number of alkyl halides is 3. The number of halogens is 3. The van der Waals surface area contributed by atoms with Crippen molar-refractivity contribution in [1.82, 2.24) is 20.4 Å². The van der Waals surface area contributed by atoms with Gasteiger partial charge in [0.1, 0.15) is 12.6 Å². The first-order valence-corrected chi connectivity index (χ1v) is 7.44. The van der Waals surface area contributed by atoms with Gasteiger partial charge in [-0.3, -0.25) is 14.7 Å². The van der Waals surface area contributed by atoms with Gasteiger partial charge in [0.05, 0.1) is 17.3 Å². The van der Waals surface area contributed by atoms with Crippen LogP contribution < -0.4 is 5.32 Å². The maximum absolute atomic E-state index is 12.8. The Labute approximate surface area is 135 Å². The summed E-state index contributed by atoms with van der Waals surface area (Å²) in [6.45, 7) is -1.07. The van der Waals surface area contributed by atoms with Crippen molar-refractivity contribution in [3.8, 4) is 0 Å². The molecule has 6 nitrogen and oxygen atoms in total. The standard InChI is InChI=1S/C15H15F3N4O2/c16-15(17,18)8-19-13(23)12-5-2-6-22(12)14(24)9-3-1-4-11-10(9)7-20-21-11/h1,3-4,7,12H,2,5-6,8H2,(H,19,23)(H,20,21). The van der Waals surface area contributed by atoms with Crippen LogP contribution in [-0.4, -0.2) is 52.2 Å². The fraction of sp³-hybridized carbons (Fsp3) is 0.400. The van der Waals surface area contributed by atoms with Crippen molar-refractivity contribution in [2.45, 2.75) is 25.1 Å². The molecule has 1 unspecified atom stereocenters. The smallest absolute Gasteiger partial charge is 0.345 e. The van der Waals surface area contributed by atoms with Gasteiger partial charge in [-0.2, -0.15) is 18.3 Å². The topological polar surface area (TPSA) is 78.1 Å². The van der Waals surface area contributed by atoms with Gasteiger partial charge in [0, 0.05) is 11.9 Å². The van der Waals surface area contributed by atoms with Crippen molar-refractivity contribution >= 4 is 22.7 Å². The van der Waals surface area contributed by atoms with Gasteiger partial charge >= 0.3 is 6.18 Å². The van der Waals surface area contributed by atoms with E-state index in [1.165, 1.54) is 11.1 Å². The van der Waals surface area contributed by atoms with E-state index in [-0.39, 0.29) is 5.91 Å². The van der Waals surface area contributed by atoms with Crippen LogP contribution in [-0.2, 0) is 4.79 Å². The molecule has 1 aliphatic rings. The minimum Gasteiger partial charge on any atom is -0.345 e. The van der Waals surface area contributed by atoms with Crippen molar-refractivity contribution in [3.05, 3.63) is 30.0 Å². The summed E-state index contributed by atoms with van der Waals surface area (Å²) in [5.41, 5.74) is 1.05. The predicted octanol–water partition coefficient (Wildman–Crippen LogP) is 1.85. The molecule has 1 saturated heterocycles. The summed E-state index contributed by atoms with van der Waals surface area (Å²) in [4.78, 5) is 26.1. The molecule has 0 aliphatic carbocycles. The van der Waals surface area contributed by atoms with Crippen LogP contribution in [0.25, 0.3) is 10.9 Å². The molecule has 2 aromatic rings. The zero-order valence-electron chi connectivity index (χ0n) is 12.6. The van der Waals surface area contributed by atoms with Gasteiger partial charge in [0.25, 0.3) is 5.91 Å². The Bertz CT molecular complexity index is 771. The molecule has 9 heteroatoms. The number of rotatable bonds is 3. The minimum absolute atomic E-state index is 0.331. The third kappa shape index (κ3) is 3.19. The Hall–Kier alpha value is -2.58. The number of nitrogens with one attached hydrogen (secondary N) is 2. The number of nitrogens with zero attached hydrogens (tertiary/aromatic N) is 2. The summed E-state index contributed by atoms with van der Waals surface area (Å²) >= 11 is 0. The van der Waals surface area contributed by atoms with E-state index in [4.69, 9.17) is 0 Å². The Balaban J connectivity index is 1.79. The lowest BCUT2D eigenvalue weighted by Gasteiger charge is -2.24. The number of hydrogen-bond donors (Lipinski definition) is 2. The molecule has 1 aromatic heterocycles. The largest absolute Gasteiger partial charge is 0.405 e. The first kappa shape index (κ1) is 16.3. The molecule has 0 saturated carbocycles. The van der Waals surface area contributed by atoms with E-state index in [2.05, 4.69) is 10.2 Å². The van der Waals surface area contributed by atoms with E-state index in [0.29, 0.717) is 35.9 Å². The van der Waals surface area contributed by atoms with E-state index < -0.39 is 24.7 Å². The van der Waals surface area contributed by atoms with Crippen LogP contribution in [0.1, 0.15) is 23.2 Å². The highest BCUT2D eigenvalue weighted by molar-refractivity contribution is 6.07. The lowest BCUT2D eigenvalue weighted by Crippen LogP contribution is -2.48. The number of likely N-dealkylation sites (tertiary alicyclic amines) is 1. The number of hydrogen-bond acceptors (Lipinski definition) is 3. The second kappa shape index (κ2) is 6.14. The summed E-state index contributed by atoms with van der Waals surface area (Å²) in [7, 11) is 0. The summed E-state index contributed by atoms with van der Waals surface area (Å²) in [6.07, 6.45) is -2.06. The number of carbonyl (C=O) groups excluding carboxylic acids is 2. The Morgan fingerprint density at radius 1 is 1.38 bits per heavy atom. The molecule has 3 rings (SSSR count). The average molecular weight is 340 g/mol. The molecular formula is C15H15F3N4O2. The number of aromatic nitrogens is 2. The van der Waals surface area contributed by atoms with Crippen LogP contribution in [0.2, 0.25) is 0 Å². The highest BCUT2D eigenvalue weighted by Crippen LogP contribution is 2.24. The number of aromatic amines is 1. The number of carbonyl (C=O) groups is 2. The molecule has 0 radical (unpaired) electrons. The highest BCUT2D eigenvalue weighted by Gasteiger charge is 2.37. The molecule has 24 heavy (non-hydrogen) atoms. The quantitative estimate of drug-likeness (QED) is 0.895. The summed E-state index contributed by atoms with van der Waals surface area (Å²) < 4.78 is 36.8. The number of H-pyrrole nitrogens is 1. The van der Waals surface area contributed by atoms with Gasteiger partial charge in [-0.15, -0.1) is 0 Å². The molecule has 0 bridgehead atoms. The monoisotopic (exact) mass is 340 g/mol.